The average Bonchev–Trinajstić information content (AvgIpc) is 3.92. The fraction of sp³-hybridized carbons (Fsp3) is 0.449. The first kappa shape index (κ1) is 46.4. The van der Waals surface area contributed by atoms with Gasteiger partial charge in [-0.3, -0.25) is 19.1 Å². The smallest absolute Gasteiger partial charge is 0.407 e. The third kappa shape index (κ3) is 8.90. The molecule has 9 rings (SSSR count). The van der Waals surface area contributed by atoms with Crippen LogP contribution in [0.4, 0.5) is 19.9 Å². The summed E-state index contributed by atoms with van der Waals surface area (Å²) in [5, 5.41) is 7.26. The van der Waals surface area contributed by atoms with E-state index in [9.17, 15) is 19.2 Å². The van der Waals surface area contributed by atoms with Gasteiger partial charge in [0.05, 0.1) is 70.7 Å². The minimum atomic E-state index is -0.829. The van der Waals surface area contributed by atoms with Crippen molar-refractivity contribution in [1.82, 2.24) is 45.0 Å². The number of aromatic amines is 2. The number of rotatable bonds is 15. The largest absolute Gasteiger partial charge is 0.464 e. The molecular formula is C49H57FN10O7S. The number of likely N-dealkylation sites (tertiary alicyclic amines) is 1. The molecule has 0 radical (unpaired) electrons. The topological polar surface area (TPSA) is 202 Å². The van der Waals surface area contributed by atoms with Crippen molar-refractivity contribution in [2.24, 2.45) is 11.8 Å². The number of methoxy groups -OCH3 is 2. The van der Waals surface area contributed by atoms with Gasteiger partial charge in [0.1, 0.15) is 29.5 Å². The number of carbonyl (C=O) groups excluding carboxylic acids is 4. The van der Waals surface area contributed by atoms with E-state index in [0.717, 1.165) is 58.5 Å². The Kier molecular flexibility index (Phi) is 13.0. The molecule has 4 N–H and O–H groups in total. The zero-order chi connectivity index (χ0) is 48.0. The fourth-order valence-corrected chi connectivity index (χ4v) is 10.3. The highest BCUT2D eigenvalue weighted by Gasteiger charge is 2.39. The van der Waals surface area contributed by atoms with Crippen molar-refractivity contribution in [1.29, 1.82) is 0 Å². The Morgan fingerprint density at radius 2 is 1.62 bits per heavy atom. The summed E-state index contributed by atoms with van der Waals surface area (Å²) in [5.74, 6) is 0.323. The molecule has 4 atom stereocenters. The molecule has 0 bridgehead atoms. The van der Waals surface area contributed by atoms with Crippen molar-refractivity contribution in [3.05, 3.63) is 76.5 Å². The van der Waals surface area contributed by atoms with E-state index in [4.69, 9.17) is 24.2 Å². The van der Waals surface area contributed by atoms with Crippen LogP contribution >= 0.6 is 11.3 Å². The van der Waals surface area contributed by atoms with Crippen LogP contribution < -0.4 is 20.3 Å². The number of fused-ring (bicyclic) bond motifs is 5. The van der Waals surface area contributed by atoms with Crippen LogP contribution in [0.5, 0.6) is 5.75 Å². The predicted molar refractivity (Wildman–Crippen MR) is 255 cm³/mol. The normalized spacial score (nSPS) is 17.4. The van der Waals surface area contributed by atoms with Crippen molar-refractivity contribution in [2.45, 2.75) is 103 Å². The molecule has 2 aliphatic heterocycles. The number of hydrogen-bond acceptors (Lipinski definition) is 11. The molecule has 3 aliphatic rings. The molecule has 358 valence electrons. The lowest BCUT2D eigenvalue weighted by atomic mass is 10.0. The van der Waals surface area contributed by atoms with E-state index in [2.05, 4.69) is 25.6 Å². The quantitative estimate of drug-likeness (QED) is 0.0770. The molecule has 19 heteroatoms. The lowest BCUT2D eigenvalue weighted by Crippen LogP contribution is -2.52. The van der Waals surface area contributed by atoms with E-state index in [1.54, 1.807) is 33.5 Å². The summed E-state index contributed by atoms with van der Waals surface area (Å²) >= 11 is 1.61. The number of unbranched alkanes of at least 4 members (excludes halogenated alkanes) is 1. The third-order valence-corrected chi connectivity index (χ3v) is 14.2. The van der Waals surface area contributed by atoms with Crippen molar-refractivity contribution < 1.29 is 37.8 Å². The molecule has 17 nitrogen and oxygen atoms in total. The molecule has 4 amide bonds. The molecule has 2 fully saturated rings. The molecule has 1 saturated carbocycles. The molecule has 6 aromatic rings. The molecule has 1 aliphatic carbocycles. The number of hydrogen-bond donors (Lipinski definition) is 4. The number of anilines is 1. The third-order valence-electron chi connectivity index (χ3n) is 13.0. The lowest BCUT2D eigenvalue weighted by molar-refractivity contribution is -0.135. The van der Waals surface area contributed by atoms with Crippen LogP contribution in [0.15, 0.2) is 55.0 Å². The maximum atomic E-state index is 16.9. The van der Waals surface area contributed by atoms with E-state index < -0.39 is 36.3 Å². The number of aromatic nitrogens is 6. The first-order valence-electron chi connectivity index (χ1n) is 23.3. The number of ether oxygens (including phenoxy) is 3. The number of benzene rings is 2. The summed E-state index contributed by atoms with van der Waals surface area (Å²) in [4.78, 5) is 77.2. The maximum absolute atomic E-state index is 16.9. The van der Waals surface area contributed by atoms with Gasteiger partial charge in [-0.25, -0.2) is 28.9 Å². The standard InChI is InChI=1S/C49H57FN10O7S/c1-8-9-16-59(45(62)41(26(4)5)57-49(64)66-7)47-53-23-32(55-47)28-14-15-34-30(18-28)20-36-39-31(50)19-29(21-37(39)67-46(60(34)36)38-24-52-43(68-38)27-12-13-27)33-22-51-42(54-33)35-11-10-17-58(35)44(61)40(25(2)3)56-48(63)65-6/h14-15,18-27,35,40-41,46H,8-13,16-17H2,1-7H3,(H,51,54)(H,53,55)(H,56,63)(H,57,64)/t35-,40?,41?,46?/m0/s1. The maximum Gasteiger partial charge on any atom is 0.407 e. The Balaban J connectivity index is 1.05. The van der Waals surface area contributed by atoms with Gasteiger partial charge in [-0.15, -0.1) is 11.3 Å². The van der Waals surface area contributed by atoms with E-state index in [1.165, 1.54) is 20.3 Å². The molecule has 1 saturated heterocycles. The Morgan fingerprint density at radius 1 is 0.897 bits per heavy atom. The van der Waals surface area contributed by atoms with E-state index in [1.807, 2.05) is 75.7 Å². The van der Waals surface area contributed by atoms with E-state index in [-0.39, 0.29) is 29.7 Å². The van der Waals surface area contributed by atoms with Gasteiger partial charge in [-0.1, -0.05) is 47.1 Å². The minimum Gasteiger partial charge on any atom is -0.464 e. The van der Waals surface area contributed by atoms with Gasteiger partial charge in [0, 0.05) is 41.7 Å². The average molecular weight is 949 g/mol. The van der Waals surface area contributed by atoms with Crippen LogP contribution in [0.3, 0.4) is 0 Å². The van der Waals surface area contributed by atoms with Crippen molar-refractivity contribution >= 4 is 52.2 Å². The number of amides is 4. The van der Waals surface area contributed by atoms with Crippen LogP contribution in [0, 0.1) is 17.7 Å². The van der Waals surface area contributed by atoms with Gasteiger partial charge < -0.3 is 39.7 Å². The predicted octanol–water partition coefficient (Wildman–Crippen LogP) is 9.06. The molecular weight excluding hydrogens is 892 g/mol. The van der Waals surface area contributed by atoms with E-state index in [0.29, 0.717) is 71.2 Å². The Labute approximate surface area is 397 Å². The number of nitrogens with zero attached hydrogens (tertiary/aromatic N) is 6. The molecule has 4 aromatic heterocycles. The first-order chi connectivity index (χ1) is 32.8. The van der Waals surface area contributed by atoms with Crippen molar-refractivity contribution in [2.75, 3.05) is 32.2 Å². The van der Waals surface area contributed by atoms with Gasteiger partial charge >= 0.3 is 12.2 Å². The molecule has 6 heterocycles. The van der Waals surface area contributed by atoms with Crippen LogP contribution in [-0.4, -0.2) is 97.8 Å². The van der Waals surface area contributed by atoms with Crippen LogP contribution in [0.1, 0.15) is 107 Å². The Hall–Kier alpha value is -6.76. The number of carbonyl (C=O) groups is 4. The molecule has 68 heavy (non-hydrogen) atoms. The number of imidazole rings is 2. The lowest BCUT2D eigenvalue weighted by Gasteiger charge is -2.30. The number of nitrogens with one attached hydrogen (secondary N) is 4. The minimum absolute atomic E-state index is 0.180. The monoisotopic (exact) mass is 948 g/mol. The van der Waals surface area contributed by atoms with Gasteiger partial charge in [-0.2, -0.15) is 0 Å². The summed E-state index contributed by atoms with van der Waals surface area (Å²) in [6.45, 7) is 10.4. The van der Waals surface area contributed by atoms with Crippen LogP contribution in [0.2, 0.25) is 0 Å². The highest BCUT2D eigenvalue weighted by atomic mass is 32.1. The zero-order valence-electron chi connectivity index (χ0n) is 39.2. The molecule has 3 unspecified atom stereocenters. The van der Waals surface area contributed by atoms with Gasteiger partial charge in [0.15, 0.2) is 0 Å². The van der Waals surface area contributed by atoms with Crippen LogP contribution in [-0.2, 0) is 19.1 Å². The molecule has 0 spiro atoms. The van der Waals surface area contributed by atoms with E-state index >= 15 is 4.39 Å². The highest BCUT2D eigenvalue weighted by molar-refractivity contribution is 7.11. The first-order valence-corrected chi connectivity index (χ1v) is 24.1. The summed E-state index contributed by atoms with van der Waals surface area (Å²) in [6.07, 6.45) is 8.37. The second kappa shape index (κ2) is 19.1. The fourth-order valence-electron chi connectivity index (χ4n) is 9.16. The van der Waals surface area contributed by atoms with Crippen molar-refractivity contribution in [3.63, 3.8) is 0 Å². The number of halogens is 1. The Bertz CT molecular complexity index is 2860. The Morgan fingerprint density at radius 3 is 2.32 bits per heavy atom. The number of alkyl carbamates (subject to hydrolysis) is 2. The summed E-state index contributed by atoms with van der Waals surface area (Å²) in [5.41, 5.74) is 4.34. The number of thiazole rings is 1. The van der Waals surface area contributed by atoms with Gasteiger partial charge in [0.2, 0.25) is 18.1 Å². The number of H-pyrrole nitrogens is 2. The summed E-state index contributed by atoms with van der Waals surface area (Å²) < 4.78 is 35.4. The second-order valence-corrected chi connectivity index (χ2v) is 19.5. The zero-order valence-corrected chi connectivity index (χ0v) is 40.0. The SMILES string of the molecule is CCCCN(C(=O)C(NC(=O)OC)C(C)C)c1ncc(-c2ccc3c(c2)cc2n3C(c3cnc(C4CC4)s3)Oc3cc(-c4cnc([C@@H]5CCCN5C(=O)C(NC(=O)OC)C(C)C)[nH]4)cc(F)c3-2)[nH]1. The molecule has 2 aromatic carbocycles. The summed E-state index contributed by atoms with van der Waals surface area (Å²) in [7, 11) is 2.53. The highest BCUT2D eigenvalue weighted by Crippen LogP contribution is 2.50. The van der Waals surface area contributed by atoms with Crippen molar-refractivity contribution in [3.8, 4) is 39.5 Å². The second-order valence-electron chi connectivity index (χ2n) is 18.4. The van der Waals surface area contributed by atoms with Gasteiger partial charge in [-0.05, 0) is 74.3 Å². The summed E-state index contributed by atoms with van der Waals surface area (Å²) in [6, 6.07) is 9.25. The van der Waals surface area contributed by atoms with Crippen LogP contribution in [0.25, 0.3) is 44.7 Å². The van der Waals surface area contributed by atoms with Gasteiger partial charge in [0.25, 0.3) is 5.91 Å².